The fraction of sp³-hybridized carbons (Fsp3) is 0.385. The van der Waals surface area contributed by atoms with Crippen molar-refractivity contribution in [1.82, 2.24) is 35.2 Å². The molecule has 1 fully saturated rings. The van der Waals surface area contributed by atoms with Gasteiger partial charge in [0.2, 0.25) is 0 Å². The Balaban J connectivity index is 1.43. The van der Waals surface area contributed by atoms with E-state index in [1.807, 2.05) is 0 Å². The van der Waals surface area contributed by atoms with Gasteiger partial charge in [-0.1, -0.05) is 25.1 Å². The number of rotatable bonds is 6. The number of aliphatic hydroxyl groups is 2. The van der Waals surface area contributed by atoms with Crippen molar-refractivity contribution in [3.8, 4) is 22.6 Å². The first-order chi connectivity index (χ1) is 17.8. The van der Waals surface area contributed by atoms with Crippen LogP contribution in [0.3, 0.4) is 0 Å². The van der Waals surface area contributed by atoms with Gasteiger partial charge in [-0.3, -0.25) is 4.98 Å². The predicted octanol–water partition coefficient (Wildman–Crippen LogP) is 3.03. The summed E-state index contributed by atoms with van der Waals surface area (Å²) in [7, 11) is 0. The van der Waals surface area contributed by atoms with E-state index in [-0.39, 0.29) is 35.7 Å². The molecule has 3 heterocycles. The SMILES string of the molecule is CC1(C)[C@H]2CC[C@]1(c1cncc(-c3cn(C[C@@H](O)CO)nn3)n1)c1nnc(-c3c(F)cccc3F)cc12. The minimum absolute atomic E-state index is 0.100. The summed E-state index contributed by atoms with van der Waals surface area (Å²) >= 11 is 0. The van der Waals surface area contributed by atoms with E-state index < -0.39 is 23.2 Å². The van der Waals surface area contributed by atoms with Crippen molar-refractivity contribution in [2.45, 2.75) is 50.7 Å². The Morgan fingerprint density at radius 1 is 1.08 bits per heavy atom. The summed E-state index contributed by atoms with van der Waals surface area (Å²) in [6.45, 7) is 4.05. The molecule has 1 saturated carbocycles. The highest BCUT2D eigenvalue weighted by molar-refractivity contribution is 5.64. The highest BCUT2D eigenvalue weighted by Gasteiger charge is 2.65. The van der Waals surface area contributed by atoms with Crippen molar-refractivity contribution in [2.24, 2.45) is 5.41 Å². The van der Waals surface area contributed by atoms with Crippen molar-refractivity contribution in [3.63, 3.8) is 0 Å². The molecule has 3 aromatic heterocycles. The van der Waals surface area contributed by atoms with E-state index in [2.05, 4.69) is 39.3 Å². The van der Waals surface area contributed by atoms with Gasteiger partial charge in [-0.25, -0.2) is 18.4 Å². The van der Waals surface area contributed by atoms with Gasteiger partial charge >= 0.3 is 0 Å². The summed E-state index contributed by atoms with van der Waals surface area (Å²) in [5, 5.41) is 35.8. The maximum Gasteiger partial charge on any atom is 0.135 e. The lowest BCUT2D eigenvalue weighted by Crippen LogP contribution is -2.38. The van der Waals surface area contributed by atoms with Crippen LogP contribution in [0.5, 0.6) is 0 Å². The Hall–Kier alpha value is -3.70. The molecule has 3 atom stereocenters. The quantitative estimate of drug-likeness (QED) is 0.410. The van der Waals surface area contributed by atoms with Gasteiger partial charge in [-0.05, 0) is 47.9 Å². The lowest BCUT2D eigenvalue weighted by atomic mass is 9.66. The first kappa shape index (κ1) is 23.7. The molecule has 190 valence electrons. The summed E-state index contributed by atoms with van der Waals surface area (Å²) in [5.74, 6) is -1.24. The molecule has 37 heavy (non-hydrogen) atoms. The Bertz CT molecular complexity index is 1490. The maximum atomic E-state index is 14.5. The summed E-state index contributed by atoms with van der Waals surface area (Å²) in [6.07, 6.45) is 5.68. The third-order valence-electron chi connectivity index (χ3n) is 8.08. The molecule has 4 aromatic rings. The van der Waals surface area contributed by atoms with Gasteiger partial charge in [0.1, 0.15) is 23.0 Å². The largest absolute Gasteiger partial charge is 0.394 e. The smallest absolute Gasteiger partial charge is 0.135 e. The van der Waals surface area contributed by atoms with Crippen LogP contribution < -0.4 is 0 Å². The fourth-order valence-electron chi connectivity index (χ4n) is 6.23. The van der Waals surface area contributed by atoms with Crippen LogP contribution >= 0.6 is 0 Å². The summed E-state index contributed by atoms with van der Waals surface area (Å²) < 4.78 is 30.4. The molecule has 0 spiro atoms. The van der Waals surface area contributed by atoms with Gasteiger partial charge in [0.15, 0.2) is 0 Å². The van der Waals surface area contributed by atoms with E-state index in [1.165, 1.54) is 22.9 Å². The van der Waals surface area contributed by atoms with Crippen LogP contribution in [0.4, 0.5) is 8.78 Å². The van der Waals surface area contributed by atoms with E-state index in [9.17, 15) is 13.9 Å². The third kappa shape index (κ3) is 3.41. The molecule has 9 nitrogen and oxygen atoms in total. The van der Waals surface area contributed by atoms with Crippen LogP contribution in [0.2, 0.25) is 0 Å². The standard InChI is InChI=1S/C26H25F2N7O2/c1-25(2)16-6-7-26(25,24-15(16)8-19(31-33-24)23-17(27)4-3-5-18(23)28)22-10-29-9-20(30-22)21-12-35(34-32-21)11-14(37)13-36/h3-5,8-10,12,14,16,36-37H,6-7,11,13H2,1-2H3/t14-,16+,26+/m1/s1. The number of hydrogen-bond acceptors (Lipinski definition) is 8. The highest BCUT2D eigenvalue weighted by Crippen LogP contribution is 2.69. The van der Waals surface area contributed by atoms with Gasteiger partial charge in [0.05, 0.1) is 59.7 Å². The number of halogens is 2. The van der Waals surface area contributed by atoms with Gasteiger partial charge in [-0.15, -0.1) is 10.2 Å². The zero-order valence-electron chi connectivity index (χ0n) is 20.3. The second-order valence-electron chi connectivity index (χ2n) is 10.3. The first-order valence-electron chi connectivity index (χ1n) is 12.1. The maximum absolute atomic E-state index is 14.5. The molecule has 0 aliphatic heterocycles. The Morgan fingerprint density at radius 2 is 1.86 bits per heavy atom. The van der Waals surface area contributed by atoms with Crippen molar-refractivity contribution in [2.75, 3.05) is 6.61 Å². The molecule has 0 radical (unpaired) electrons. The third-order valence-corrected chi connectivity index (χ3v) is 8.08. The summed E-state index contributed by atoms with van der Waals surface area (Å²) in [6, 6.07) is 5.53. The van der Waals surface area contributed by atoms with E-state index in [0.717, 1.165) is 29.8 Å². The second-order valence-corrected chi connectivity index (χ2v) is 10.3. The second kappa shape index (κ2) is 8.42. The summed E-state index contributed by atoms with van der Waals surface area (Å²) in [4.78, 5) is 9.39. The van der Waals surface area contributed by atoms with E-state index >= 15 is 0 Å². The van der Waals surface area contributed by atoms with Crippen LogP contribution in [0.1, 0.15) is 49.6 Å². The number of benzene rings is 1. The number of aromatic nitrogens is 7. The highest BCUT2D eigenvalue weighted by atomic mass is 19.1. The van der Waals surface area contributed by atoms with Crippen molar-refractivity contribution in [3.05, 3.63) is 71.4 Å². The Kier molecular flexibility index (Phi) is 5.39. The number of nitrogens with zero attached hydrogens (tertiary/aromatic N) is 7. The number of hydrogen-bond donors (Lipinski definition) is 2. The molecule has 0 unspecified atom stereocenters. The monoisotopic (exact) mass is 505 g/mol. The van der Waals surface area contributed by atoms with Crippen LogP contribution in [0, 0.1) is 17.0 Å². The van der Waals surface area contributed by atoms with Crippen LogP contribution in [-0.2, 0) is 12.0 Å². The Labute approximate surface area is 211 Å². The lowest BCUT2D eigenvalue weighted by Gasteiger charge is -2.37. The predicted molar refractivity (Wildman–Crippen MR) is 128 cm³/mol. The zero-order valence-corrected chi connectivity index (χ0v) is 20.3. The first-order valence-corrected chi connectivity index (χ1v) is 12.1. The average Bonchev–Trinajstić information content (AvgIpc) is 3.51. The van der Waals surface area contributed by atoms with E-state index in [4.69, 9.17) is 10.1 Å². The average molecular weight is 506 g/mol. The molecule has 6 rings (SSSR count). The van der Waals surface area contributed by atoms with Crippen molar-refractivity contribution in [1.29, 1.82) is 0 Å². The zero-order chi connectivity index (χ0) is 25.9. The molecule has 2 N–H and O–H groups in total. The van der Waals surface area contributed by atoms with E-state index in [1.54, 1.807) is 24.7 Å². The fourth-order valence-corrected chi connectivity index (χ4v) is 6.23. The van der Waals surface area contributed by atoms with Gasteiger partial charge < -0.3 is 10.2 Å². The number of aliphatic hydroxyl groups excluding tert-OH is 2. The van der Waals surface area contributed by atoms with Gasteiger partial charge in [0.25, 0.3) is 0 Å². The Morgan fingerprint density at radius 3 is 2.62 bits per heavy atom. The number of fused-ring (bicyclic) bond motifs is 5. The lowest BCUT2D eigenvalue weighted by molar-refractivity contribution is 0.0778. The minimum Gasteiger partial charge on any atom is -0.394 e. The molecular weight excluding hydrogens is 480 g/mol. The van der Waals surface area contributed by atoms with Crippen molar-refractivity contribution < 1.29 is 19.0 Å². The normalized spacial score (nSPS) is 22.3. The van der Waals surface area contributed by atoms with Gasteiger partial charge in [-0.2, -0.15) is 5.10 Å². The molecule has 0 amide bonds. The molecule has 1 aromatic carbocycles. The topological polar surface area (TPSA) is 123 Å². The van der Waals surface area contributed by atoms with E-state index in [0.29, 0.717) is 11.4 Å². The van der Waals surface area contributed by atoms with Crippen LogP contribution in [0.15, 0.2) is 42.9 Å². The summed E-state index contributed by atoms with van der Waals surface area (Å²) in [5.41, 5.74) is 2.53. The van der Waals surface area contributed by atoms with Crippen molar-refractivity contribution >= 4 is 0 Å². The molecule has 0 saturated heterocycles. The molecule has 2 bridgehead atoms. The molecular formula is C26H25F2N7O2. The van der Waals surface area contributed by atoms with Crippen LogP contribution in [0.25, 0.3) is 22.6 Å². The minimum atomic E-state index is -0.946. The molecule has 2 aliphatic carbocycles. The molecule has 11 heteroatoms. The van der Waals surface area contributed by atoms with Gasteiger partial charge in [0, 0.05) is 6.20 Å². The van der Waals surface area contributed by atoms with Crippen LogP contribution in [-0.4, -0.2) is 58.1 Å². The molecule has 2 aliphatic rings.